The quantitative estimate of drug-likeness (QED) is 0.375. The summed E-state index contributed by atoms with van der Waals surface area (Å²) >= 11 is 0. The van der Waals surface area contributed by atoms with Crippen LogP contribution in [0.2, 0.25) is 0 Å². The lowest BCUT2D eigenvalue weighted by molar-refractivity contribution is -0.118. The maximum Gasteiger partial charge on any atom is 0.269 e. The van der Waals surface area contributed by atoms with Crippen LogP contribution in [0.4, 0.5) is 11.4 Å². The van der Waals surface area contributed by atoms with Crippen LogP contribution in [0.15, 0.2) is 47.4 Å². The monoisotopic (exact) mass is 523 g/mol. The Morgan fingerprint density at radius 3 is 2.87 bits per heavy atom. The van der Waals surface area contributed by atoms with Gasteiger partial charge in [-0.2, -0.15) is 0 Å². The van der Waals surface area contributed by atoms with Crippen molar-refractivity contribution < 1.29 is 28.5 Å². The van der Waals surface area contributed by atoms with Crippen LogP contribution in [0.25, 0.3) is 11.0 Å². The third-order valence-electron chi connectivity index (χ3n) is 6.53. The van der Waals surface area contributed by atoms with Crippen LogP contribution in [-0.2, 0) is 25.6 Å². The summed E-state index contributed by atoms with van der Waals surface area (Å²) in [6.45, 7) is 1.09. The number of carbonyl (C=O) groups excluding carboxylic acids is 2. The van der Waals surface area contributed by atoms with Gasteiger partial charge in [-0.3, -0.25) is 14.4 Å². The zero-order valence-electron chi connectivity index (χ0n) is 21.1. The van der Waals surface area contributed by atoms with Crippen molar-refractivity contribution in [2.24, 2.45) is 0 Å². The number of nitrogens with one attached hydrogen (secondary N) is 2. The summed E-state index contributed by atoms with van der Waals surface area (Å²) in [5, 5.41) is 6.18. The summed E-state index contributed by atoms with van der Waals surface area (Å²) in [5.74, 6) is 0.917. The summed E-state index contributed by atoms with van der Waals surface area (Å²) in [6, 6.07) is 10.5. The highest BCUT2D eigenvalue weighted by molar-refractivity contribution is 5.99. The Bertz CT molecular complexity index is 1410. The first-order valence-electron chi connectivity index (χ1n) is 12.2. The summed E-state index contributed by atoms with van der Waals surface area (Å²) in [4.78, 5) is 43.1. The van der Waals surface area contributed by atoms with Gasteiger partial charge >= 0.3 is 0 Å². The van der Waals surface area contributed by atoms with E-state index in [0.717, 1.165) is 0 Å². The minimum Gasteiger partial charge on any atom is -0.497 e. The van der Waals surface area contributed by atoms with Gasteiger partial charge in [-0.05, 0) is 30.3 Å². The van der Waals surface area contributed by atoms with Crippen molar-refractivity contribution in [3.05, 3.63) is 52.9 Å². The molecule has 5 rings (SSSR count). The van der Waals surface area contributed by atoms with E-state index in [1.807, 2.05) is 0 Å². The van der Waals surface area contributed by atoms with E-state index >= 15 is 0 Å². The number of hydrogen-bond donors (Lipinski definition) is 2. The summed E-state index contributed by atoms with van der Waals surface area (Å²) in [7, 11) is 3.09. The molecule has 2 aliphatic rings. The van der Waals surface area contributed by atoms with Gasteiger partial charge in [0.15, 0.2) is 6.61 Å². The van der Waals surface area contributed by atoms with Gasteiger partial charge in [0, 0.05) is 44.4 Å². The van der Waals surface area contributed by atoms with Crippen molar-refractivity contribution in [2.45, 2.75) is 25.1 Å². The fraction of sp³-hybridized carbons (Fsp3) is 0.385. The van der Waals surface area contributed by atoms with Gasteiger partial charge in [-0.1, -0.05) is 0 Å². The Kier molecular flexibility index (Phi) is 7.54. The zero-order chi connectivity index (χ0) is 26.6. The second-order valence-corrected chi connectivity index (χ2v) is 9.09. The molecular formula is C26H29N5O7. The van der Waals surface area contributed by atoms with Gasteiger partial charge in [0.05, 0.1) is 42.7 Å². The molecule has 38 heavy (non-hydrogen) atoms. The standard InChI is InChI=1S/C26H29N5O7/c1-35-15-38-19(13-31-22-9-18(36-2)4-5-20(22)28-11-26(31)34)10-27-16-7-25(33)30(12-16)17-3-6-23-21(8-17)29-24(32)14-37-23/h3-6,8-9,11,16,19,27H,7,10,12-15H2,1-2H3,(H,29,32). The summed E-state index contributed by atoms with van der Waals surface area (Å²) in [6.07, 6.45) is 1.16. The lowest BCUT2D eigenvalue weighted by Crippen LogP contribution is -2.41. The van der Waals surface area contributed by atoms with Crippen molar-refractivity contribution in [3.8, 4) is 11.5 Å². The predicted molar refractivity (Wildman–Crippen MR) is 139 cm³/mol. The van der Waals surface area contributed by atoms with Crippen LogP contribution in [0, 0.1) is 0 Å². The fourth-order valence-corrected chi connectivity index (χ4v) is 4.63. The lowest BCUT2D eigenvalue weighted by atomic mass is 10.2. The van der Waals surface area contributed by atoms with E-state index in [4.69, 9.17) is 18.9 Å². The molecule has 1 fully saturated rings. The molecule has 2 N–H and O–H groups in total. The van der Waals surface area contributed by atoms with E-state index in [9.17, 15) is 14.4 Å². The number of anilines is 2. The first-order valence-corrected chi connectivity index (χ1v) is 12.2. The molecule has 2 aromatic carbocycles. The molecule has 0 saturated carbocycles. The van der Waals surface area contributed by atoms with Crippen molar-refractivity contribution in [2.75, 3.05) is 50.9 Å². The van der Waals surface area contributed by atoms with Crippen LogP contribution in [0.5, 0.6) is 11.5 Å². The highest BCUT2D eigenvalue weighted by atomic mass is 16.7. The molecule has 12 nitrogen and oxygen atoms in total. The van der Waals surface area contributed by atoms with E-state index in [2.05, 4.69) is 15.6 Å². The van der Waals surface area contributed by atoms with Crippen molar-refractivity contribution in [3.63, 3.8) is 0 Å². The third kappa shape index (κ3) is 5.47. The number of fused-ring (bicyclic) bond motifs is 2. The van der Waals surface area contributed by atoms with Gasteiger partial charge in [0.25, 0.3) is 11.5 Å². The van der Waals surface area contributed by atoms with Crippen LogP contribution in [0.3, 0.4) is 0 Å². The van der Waals surface area contributed by atoms with E-state index in [1.54, 1.807) is 53.0 Å². The Morgan fingerprint density at radius 1 is 1.18 bits per heavy atom. The van der Waals surface area contributed by atoms with Crippen LogP contribution in [-0.4, -0.2) is 74.2 Å². The molecule has 12 heteroatoms. The van der Waals surface area contributed by atoms with Gasteiger partial charge < -0.3 is 39.0 Å². The SMILES string of the molecule is COCOC(CNC1CC(=O)N(c2ccc3c(c2)NC(=O)CO3)C1)Cn1c(=O)cnc2ccc(OC)cc21. The van der Waals surface area contributed by atoms with E-state index in [1.165, 1.54) is 13.3 Å². The van der Waals surface area contributed by atoms with E-state index < -0.39 is 6.10 Å². The van der Waals surface area contributed by atoms with E-state index in [-0.39, 0.29) is 43.4 Å². The number of amides is 2. The molecule has 2 unspecified atom stereocenters. The highest BCUT2D eigenvalue weighted by Crippen LogP contribution is 2.33. The number of rotatable bonds is 10. The number of ether oxygens (including phenoxy) is 4. The number of carbonyl (C=O) groups is 2. The van der Waals surface area contributed by atoms with Crippen molar-refractivity contribution in [1.82, 2.24) is 14.9 Å². The largest absolute Gasteiger partial charge is 0.497 e. The Labute approximate surface area is 218 Å². The molecule has 0 radical (unpaired) electrons. The lowest BCUT2D eigenvalue weighted by Gasteiger charge is -2.23. The molecule has 0 bridgehead atoms. The molecular weight excluding hydrogens is 494 g/mol. The normalized spacial score (nSPS) is 17.7. The predicted octanol–water partition coefficient (Wildman–Crippen LogP) is 1.12. The molecule has 2 aliphatic heterocycles. The maximum absolute atomic E-state index is 12.8. The maximum atomic E-state index is 12.8. The second kappa shape index (κ2) is 11.2. The Balaban J connectivity index is 1.28. The van der Waals surface area contributed by atoms with Gasteiger partial charge in [-0.15, -0.1) is 0 Å². The first-order chi connectivity index (χ1) is 18.4. The van der Waals surface area contributed by atoms with Crippen molar-refractivity contribution in [1.29, 1.82) is 0 Å². The topological polar surface area (TPSA) is 133 Å². The molecule has 3 aromatic rings. The first kappa shape index (κ1) is 25.6. The Hall–Kier alpha value is -4.00. The average Bonchev–Trinajstić information content (AvgIpc) is 3.30. The third-order valence-corrected chi connectivity index (χ3v) is 6.53. The molecule has 0 spiro atoms. The summed E-state index contributed by atoms with van der Waals surface area (Å²) < 4.78 is 23.3. The van der Waals surface area contributed by atoms with Crippen LogP contribution >= 0.6 is 0 Å². The fourth-order valence-electron chi connectivity index (χ4n) is 4.63. The van der Waals surface area contributed by atoms with Crippen molar-refractivity contribution >= 4 is 34.2 Å². The molecule has 0 aliphatic carbocycles. The van der Waals surface area contributed by atoms with Crippen LogP contribution < -0.4 is 30.6 Å². The Morgan fingerprint density at radius 2 is 2.05 bits per heavy atom. The molecule has 1 saturated heterocycles. The number of benzene rings is 2. The zero-order valence-corrected chi connectivity index (χ0v) is 21.1. The van der Waals surface area contributed by atoms with E-state index in [0.29, 0.717) is 53.4 Å². The molecule has 2 atom stereocenters. The average molecular weight is 524 g/mol. The van der Waals surface area contributed by atoms with Crippen LogP contribution in [0.1, 0.15) is 6.42 Å². The van der Waals surface area contributed by atoms with Gasteiger partial charge in [0.1, 0.15) is 18.3 Å². The molecule has 3 heterocycles. The number of methoxy groups -OCH3 is 2. The molecule has 200 valence electrons. The minimum absolute atomic E-state index is 0.0255. The number of nitrogens with zero attached hydrogens (tertiary/aromatic N) is 3. The summed E-state index contributed by atoms with van der Waals surface area (Å²) in [5.41, 5.74) is 2.26. The smallest absolute Gasteiger partial charge is 0.269 e. The molecule has 2 amide bonds. The number of hydrogen-bond acceptors (Lipinski definition) is 9. The highest BCUT2D eigenvalue weighted by Gasteiger charge is 2.32. The number of aromatic nitrogens is 2. The molecule has 1 aromatic heterocycles. The minimum atomic E-state index is -0.426. The van der Waals surface area contributed by atoms with Gasteiger partial charge in [-0.25, -0.2) is 4.98 Å². The second-order valence-electron chi connectivity index (χ2n) is 9.09. The van der Waals surface area contributed by atoms with Gasteiger partial charge in [0.2, 0.25) is 5.91 Å².